The first-order valence-corrected chi connectivity index (χ1v) is 13.2. The predicted octanol–water partition coefficient (Wildman–Crippen LogP) is 5.88. The Bertz CT molecular complexity index is 1470. The maximum Gasteiger partial charge on any atom is 0.270 e. The van der Waals surface area contributed by atoms with Crippen molar-refractivity contribution in [1.29, 1.82) is 0 Å². The quantitative estimate of drug-likeness (QED) is 0.321. The minimum atomic E-state index is -0.778. The van der Waals surface area contributed by atoms with Gasteiger partial charge in [-0.25, -0.2) is 4.98 Å². The van der Waals surface area contributed by atoms with Crippen LogP contribution in [0.3, 0.4) is 0 Å². The Kier molecular flexibility index (Phi) is 7.60. The molecule has 0 radical (unpaired) electrons. The maximum absolute atomic E-state index is 13.6. The summed E-state index contributed by atoms with van der Waals surface area (Å²) < 4.78 is 1.42. The Morgan fingerprint density at radius 2 is 1.62 bits per heavy atom. The van der Waals surface area contributed by atoms with Gasteiger partial charge in [-0.3, -0.25) is 14.2 Å². The van der Waals surface area contributed by atoms with E-state index in [0.29, 0.717) is 27.6 Å². The first-order valence-electron chi connectivity index (χ1n) is 12.4. The van der Waals surface area contributed by atoms with Crippen molar-refractivity contribution in [2.24, 2.45) is 0 Å². The van der Waals surface area contributed by atoms with Crippen LogP contribution in [0, 0.1) is 0 Å². The number of aromatic nitrogens is 2. The minimum Gasteiger partial charge on any atom is -0.346 e. The molecule has 2 unspecified atom stereocenters. The number of likely N-dealkylation sites (tertiary alicyclic amines) is 1. The summed E-state index contributed by atoms with van der Waals surface area (Å²) in [6.07, 6.45) is 3.53. The van der Waals surface area contributed by atoms with Crippen molar-refractivity contribution in [1.82, 2.24) is 19.8 Å². The molecule has 2 heterocycles. The number of carbonyl (C=O) groups excluding carboxylic acids is 1. The molecule has 0 aliphatic carbocycles. The van der Waals surface area contributed by atoms with Gasteiger partial charge < -0.3 is 10.2 Å². The van der Waals surface area contributed by atoms with Crippen LogP contribution < -0.4 is 10.9 Å². The van der Waals surface area contributed by atoms with Gasteiger partial charge in [0.25, 0.3) is 5.56 Å². The highest BCUT2D eigenvalue weighted by molar-refractivity contribution is 6.42. The smallest absolute Gasteiger partial charge is 0.270 e. The summed E-state index contributed by atoms with van der Waals surface area (Å²) in [7, 11) is 0. The number of nitrogens with one attached hydrogen (secondary N) is 1. The highest BCUT2D eigenvalue weighted by atomic mass is 35.5. The topological polar surface area (TPSA) is 67.2 Å². The molecule has 37 heavy (non-hydrogen) atoms. The van der Waals surface area contributed by atoms with E-state index in [-0.39, 0.29) is 17.5 Å². The van der Waals surface area contributed by atoms with Gasteiger partial charge in [-0.15, -0.1) is 0 Å². The van der Waals surface area contributed by atoms with Gasteiger partial charge in [0.1, 0.15) is 6.04 Å². The zero-order valence-electron chi connectivity index (χ0n) is 20.5. The second kappa shape index (κ2) is 11.1. The van der Waals surface area contributed by atoms with Crippen molar-refractivity contribution in [2.75, 3.05) is 19.6 Å². The lowest BCUT2D eigenvalue weighted by atomic mass is 10.00. The monoisotopic (exact) mass is 534 g/mol. The molecule has 1 aromatic heterocycles. The van der Waals surface area contributed by atoms with Gasteiger partial charge in [0.15, 0.2) is 0 Å². The largest absolute Gasteiger partial charge is 0.346 e. The molecule has 1 aliphatic rings. The first-order chi connectivity index (χ1) is 17.9. The van der Waals surface area contributed by atoms with Crippen molar-refractivity contribution < 1.29 is 4.79 Å². The van der Waals surface area contributed by atoms with Crippen LogP contribution in [0.4, 0.5) is 0 Å². The van der Waals surface area contributed by atoms with Crippen molar-refractivity contribution >= 4 is 40.1 Å². The Labute approximate surface area is 225 Å². The van der Waals surface area contributed by atoms with Gasteiger partial charge >= 0.3 is 0 Å². The Morgan fingerprint density at radius 3 is 2.32 bits per heavy atom. The summed E-state index contributed by atoms with van der Waals surface area (Å²) in [5.41, 5.74) is 3.87. The standard InChI is InChI=1S/C29H28Cl2N4O2/c1-19(35-27-16-24(31)23(30)15-25(27)32-17-28(35)36)29(37)33-26(18-34-13-5-6-14-34)22-11-9-21(10-12-22)20-7-3-2-4-8-20/h2-4,7-12,15-17,19,26H,5-6,13-14,18H2,1H3,(H,33,37). The van der Waals surface area contributed by atoms with Crippen LogP contribution in [0.2, 0.25) is 10.0 Å². The molecule has 0 bridgehead atoms. The molecular weight excluding hydrogens is 507 g/mol. The SMILES string of the molecule is CC(C(=O)NC(CN1CCCC1)c1ccc(-c2ccccc2)cc1)n1c(=O)cnc2cc(Cl)c(Cl)cc21. The number of hydrogen-bond donors (Lipinski definition) is 1. The highest BCUT2D eigenvalue weighted by Gasteiger charge is 2.25. The lowest BCUT2D eigenvalue weighted by Gasteiger charge is -2.27. The van der Waals surface area contributed by atoms with Crippen molar-refractivity contribution in [2.45, 2.75) is 31.8 Å². The summed E-state index contributed by atoms with van der Waals surface area (Å²) in [5, 5.41) is 3.86. The third-order valence-electron chi connectivity index (χ3n) is 6.97. The number of rotatable bonds is 7. The number of nitrogens with zero attached hydrogens (tertiary/aromatic N) is 3. The number of hydrogen-bond acceptors (Lipinski definition) is 4. The molecule has 190 valence electrons. The Morgan fingerprint density at radius 1 is 0.973 bits per heavy atom. The number of carbonyl (C=O) groups is 1. The van der Waals surface area contributed by atoms with Crippen molar-refractivity contribution in [3.8, 4) is 11.1 Å². The Hall–Kier alpha value is -3.19. The number of benzene rings is 3. The van der Waals surface area contributed by atoms with Crippen LogP contribution in [0.1, 0.15) is 37.4 Å². The molecule has 1 N–H and O–H groups in total. The van der Waals surface area contributed by atoms with Crippen LogP contribution in [-0.2, 0) is 4.79 Å². The molecule has 5 rings (SSSR count). The molecule has 1 amide bonds. The molecule has 0 saturated carbocycles. The van der Waals surface area contributed by atoms with Crippen LogP contribution in [0.15, 0.2) is 77.7 Å². The van der Waals surface area contributed by atoms with Crippen molar-refractivity contribution in [3.05, 3.63) is 98.9 Å². The second-order valence-corrected chi connectivity index (χ2v) is 10.3. The van der Waals surface area contributed by atoms with Crippen LogP contribution in [-0.4, -0.2) is 40.0 Å². The maximum atomic E-state index is 13.6. The van der Waals surface area contributed by atoms with E-state index >= 15 is 0 Å². The molecule has 1 fully saturated rings. The van der Waals surface area contributed by atoms with Gasteiger partial charge in [0, 0.05) is 6.54 Å². The summed E-state index contributed by atoms with van der Waals surface area (Å²) in [6, 6.07) is 20.7. The average Bonchev–Trinajstić information content (AvgIpc) is 3.43. The number of fused-ring (bicyclic) bond motifs is 1. The normalized spacial score (nSPS) is 15.5. The molecule has 3 aromatic carbocycles. The molecule has 1 aliphatic heterocycles. The van der Waals surface area contributed by atoms with Gasteiger partial charge in [0.2, 0.25) is 5.91 Å². The van der Waals surface area contributed by atoms with Gasteiger partial charge in [0.05, 0.1) is 33.3 Å². The van der Waals surface area contributed by atoms with Crippen LogP contribution in [0.25, 0.3) is 22.2 Å². The van der Waals surface area contributed by atoms with E-state index in [2.05, 4.69) is 51.6 Å². The summed E-state index contributed by atoms with van der Waals surface area (Å²) >= 11 is 12.4. The first kappa shape index (κ1) is 25.5. The summed E-state index contributed by atoms with van der Waals surface area (Å²) in [6.45, 7) is 4.44. The van der Waals surface area contributed by atoms with Crippen LogP contribution in [0.5, 0.6) is 0 Å². The molecule has 0 spiro atoms. The molecular formula is C29H28Cl2N4O2. The number of halogens is 2. The van der Waals surface area contributed by atoms with Gasteiger partial charge in [-0.1, -0.05) is 77.8 Å². The zero-order valence-corrected chi connectivity index (χ0v) is 22.0. The third kappa shape index (κ3) is 5.57. The van der Waals surface area contributed by atoms with E-state index < -0.39 is 6.04 Å². The third-order valence-corrected chi connectivity index (χ3v) is 7.69. The zero-order chi connectivity index (χ0) is 25.9. The summed E-state index contributed by atoms with van der Waals surface area (Å²) in [5.74, 6) is -0.253. The molecule has 4 aromatic rings. The highest BCUT2D eigenvalue weighted by Crippen LogP contribution is 2.28. The predicted molar refractivity (Wildman–Crippen MR) is 149 cm³/mol. The molecule has 6 nitrogen and oxygen atoms in total. The van der Waals surface area contributed by atoms with E-state index in [1.54, 1.807) is 19.1 Å². The molecule has 1 saturated heterocycles. The van der Waals surface area contributed by atoms with Gasteiger partial charge in [-0.2, -0.15) is 0 Å². The van der Waals surface area contributed by atoms with E-state index in [1.807, 2.05) is 18.2 Å². The number of amides is 1. The van der Waals surface area contributed by atoms with E-state index in [0.717, 1.165) is 42.6 Å². The fourth-order valence-corrected chi connectivity index (χ4v) is 5.25. The van der Waals surface area contributed by atoms with E-state index in [1.165, 1.54) is 10.8 Å². The lowest BCUT2D eigenvalue weighted by molar-refractivity contribution is -0.124. The fourth-order valence-electron chi connectivity index (χ4n) is 4.93. The van der Waals surface area contributed by atoms with E-state index in [9.17, 15) is 9.59 Å². The average molecular weight is 535 g/mol. The van der Waals surface area contributed by atoms with Gasteiger partial charge in [-0.05, 0) is 61.7 Å². The lowest BCUT2D eigenvalue weighted by Crippen LogP contribution is -2.41. The Balaban J connectivity index is 1.43. The van der Waals surface area contributed by atoms with E-state index in [4.69, 9.17) is 23.2 Å². The van der Waals surface area contributed by atoms with Crippen LogP contribution >= 0.6 is 23.2 Å². The fraction of sp³-hybridized carbons (Fsp3) is 0.276. The van der Waals surface area contributed by atoms with Crippen molar-refractivity contribution in [3.63, 3.8) is 0 Å². The molecule has 2 atom stereocenters. The summed E-state index contributed by atoms with van der Waals surface area (Å²) in [4.78, 5) is 32.9. The molecule has 8 heteroatoms. The second-order valence-electron chi connectivity index (χ2n) is 9.45. The minimum absolute atomic E-state index is 0.222.